The van der Waals surface area contributed by atoms with E-state index in [-0.39, 0.29) is 11.6 Å². The van der Waals surface area contributed by atoms with Crippen molar-refractivity contribution in [2.24, 2.45) is 0 Å². The Morgan fingerprint density at radius 1 is 1.30 bits per heavy atom. The zero-order chi connectivity index (χ0) is 17.3. The highest BCUT2D eigenvalue weighted by Gasteiger charge is 2.36. The summed E-state index contributed by atoms with van der Waals surface area (Å²) in [6.07, 6.45) is 3.46. The molecule has 1 amide bonds. The number of sulfone groups is 1. The first kappa shape index (κ1) is 17.7. The van der Waals surface area contributed by atoms with Gasteiger partial charge in [-0.3, -0.25) is 4.98 Å². The summed E-state index contributed by atoms with van der Waals surface area (Å²) in [7, 11) is -3.63. The smallest absolute Gasteiger partial charge is 0.410 e. The molecule has 1 atom stereocenters. The topological polar surface area (TPSA) is 89.5 Å². The van der Waals surface area contributed by atoms with Gasteiger partial charge in [-0.05, 0) is 40.5 Å². The van der Waals surface area contributed by atoms with Crippen molar-refractivity contribution in [3.05, 3.63) is 18.1 Å². The zero-order valence-corrected chi connectivity index (χ0v) is 14.8. The molecule has 23 heavy (non-hydrogen) atoms. The van der Waals surface area contributed by atoms with Crippen molar-refractivity contribution in [2.45, 2.75) is 56.4 Å². The zero-order valence-electron chi connectivity index (χ0n) is 13.9. The van der Waals surface area contributed by atoms with Crippen LogP contribution in [0.2, 0.25) is 0 Å². The highest BCUT2D eigenvalue weighted by molar-refractivity contribution is 7.92. The van der Waals surface area contributed by atoms with Crippen LogP contribution in [0.25, 0.3) is 0 Å². The molecule has 0 unspecified atom stereocenters. The molecule has 0 spiro atoms. The second kappa shape index (κ2) is 6.43. The maximum Gasteiger partial charge on any atom is 0.410 e. The molecule has 0 N–H and O–H groups in total. The first-order valence-electron chi connectivity index (χ1n) is 7.61. The summed E-state index contributed by atoms with van der Waals surface area (Å²) in [5.41, 5.74) is -0.230. The van der Waals surface area contributed by atoms with Gasteiger partial charge in [0.15, 0.2) is 5.03 Å². The highest BCUT2D eigenvalue weighted by Crippen LogP contribution is 2.24. The molecule has 1 aromatic heterocycles. The predicted octanol–water partition coefficient (Wildman–Crippen LogP) is 1.96. The molecule has 1 saturated heterocycles. The lowest BCUT2D eigenvalue weighted by Gasteiger charge is -2.33. The van der Waals surface area contributed by atoms with Crippen molar-refractivity contribution >= 4 is 15.9 Å². The molecule has 8 heteroatoms. The van der Waals surface area contributed by atoms with Gasteiger partial charge in [0, 0.05) is 25.5 Å². The van der Waals surface area contributed by atoms with Crippen LogP contribution in [0.3, 0.4) is 0 Å². The summed E-state index contributed by atoms with van der Waals surface area (Å²) < 4.78 is 30.9. The Bertz CT molecular complexity index is 682. The number of aromatic nitrogens is 2. The van der Waals surface area contributed by atoms with Crippen LogP contribution in [-0.4, -0.2) is 53.3 Å². The largest absolute Gasteiger partial charge is 0.444 e. The maximum atomic E-state index is 12.8. The van der Waals surface area contributed by atoms with Crippen molar-refractivity contribution in [3.63, 3.8) is 0 Å². The van der Waals surface area contributed by atoms with Crippen molar-refractivity contribution in [2.75, 3.05) is 13.1 Å². The number of aryl methyl sites for hydroxylation is 1. The Balaban J connectivity index is 2.18. The van der Waals surface area contributed by atoms with E-state index in [1.54, 1.807) is 27.7 Å². The Kier molecular flexibility index (Phi) is 4.93. The molecule has 7 nitrogen and oxygen atoms in total. The van der Waals surface area contributed by atoms with Crippen LogP contribution >= 0.6 is 0 Å². The fraction of sp³-hybridized carbons (Fsp3) is 0.667. The van der Waals surface area contributed by atoms with Gasteiger partial charge in [0.25, 0.3) is 0 Å². The normalized spacial score (nSPS) is 19.5. The molecule has 0 aliphatic carbocycles. The number of hydrogen-bond acceptors (Lipinski definition) is 6. The summed E-state index contributed by atoms with van der Waals surface area (Å²) >= 11 is 0. The summed E-state index contributed by atoms with van der Waals surface area (Å²) in [6, 6.07) is 0. The molecule has 1 aromatic rings. The van der Waals surface area contributed by atoms with Gasteiger partial charge in [-0.15, -0.1) is 0 Å². The van der Waals surface area contributed by atoms with Gasteiger partial charge in [-0.25, -0.2) is 18.2 Å². The quantitative estimate of drug-likeness (QED) is 0.817. The lowest BCUT2D eigenvalue weighted by atomic mass is 10.1. The standard InChI is InChI=1S/C15H23N3O4S/c1-11-13(17-8-7-16-11)23(20,21)12-6-5-9-18(10-12)14(19)22-15(2,3)4/h7-8,12H,5-6,9-10H2,1-4H3/t12-/m0/s1. The first-order chi connectivity index (χ1) is 10.6. The molecule has 0 aromatic carbocycles. The van der Waals surface area contributed by atoms with Crippen LogP contribution in [-0.2, 0) is 14.6 Å². The molecule has 2 heterocycles. The first-order valence-corrected chi connectivity index (χ1v) is 9.15. The second-order valence-electron chi connectivity index (χ2n) is 6.68. The van der Waals surface area contributed by atoms with Gasteiger partial charge in [-0.1, -0.05) is 0 Å². The van der Waals surface area contributed by atoms with Gasteiger partial charge in [0.1, 0.15) is 5.60 Å². The third-order valence-corrected chi connectivity index (χ3v) is 5.78. The molecule has 0 radical (unpaired) electrons. The second-order valence-corrected chi connectivity index (χ2v) is 8.83. The lowest BCUT2D eigenvalue weighted by molar-refractivity contribution is 0.0219. The average molecular weight is 341 g/mol. The minimum Gasteiger partial charge on any atom is -0.444 e. The minimum atomic E-state index is -3.63. The third kappa shape index (κ3) is 4.19. The Labute approximate surface area is 137 Å². The van der Waals surface area contributed by atoms with Gasteiger partial charge in [-0.2, -0.15) is 0 Å². The Hall–Kier alpha value is -1.70. The number of likely N-dealkylation sites (tertiary alicyclic amines) is 1. The van der Waals surface area contributed by atoms with Crippen LogP contribution < -0.4 is 0 Å². The summed E-state index contributed by atoms with van der Waals surface area (Å²) in [4.78, 5) is 21.6. The number of amides is 1. The van der Waals surface area contributed by atoms with E-state index in [1.807, 2.05) is 0 Å². The van der Waals surface area contributed by atoms with Crippen LogP contribution in [0.4, 0.5) is 4.79 Å². The van der Waals surface area contributed by atoms with Crippen molar-refractivity contribution < 1.29 is 17.9 Å². The number of ether oxygens (including phenoxy) is 1. The van der Waals surface area contributed by atoms with Gasteiger partial charge in [0.2, 0.25) is 9.84 Å². The lowest BCUT2D eigenvalue weighted by Crippen LogP contribution is -2.47. The number of nitrogens with zero attached hydrogens (tertiary/aromatic N) is 3. The minimum absolute atomic E-state index is 0.00367. The number of carbonyl (C=O) groups excluding carboxylic acids is 1. The van der Waals surface area contributed by atoms with Crippen molar-refractivity contribution in [3.8, 4) is 0 Å². The SMILES string of the molecule is Cc1nccnc1S(=O)(=O)[C@H]1CCCN(C(=O)OC(C)(C)C)C1. The number of rotatable bonds is 2. The molecule has 2 rings (SSSR count). The van der Waals surface area contributed by atoms with Crippen LogP contribution in [0.1, 0.15) is 39.3 Å². The van der Waals surface area contributed by atoms with E-state index in [0.717, 1.165) is 0 Å². The van der Waals surface area contributed by atoms with Crippen LogP contribution in [0.5, 0.6) is 0 Å². The molecule has 0 bridgehead atoms. The van der Waals surface area contributed by atoms with E-state index in [2.05, 4.69) is 9.97 Å². The van der Waals surface area contributed by atoms with E-state index >= 15 is 0 Å². The molecule has 0 saturated carbocycles. The van der Waals surface area contributed by atoms with Crippen molar-refractivity contribution in [1.82, 2.24) is 14.9 Å². The summed E-state index contributed by atoms with van der Waals surface area (Å²) in [6.45, 7) is 7.59. The van der Waals surface area contributed by atoms with Gasteiger partial charge < -0.3 is 9.64 Å². The maximum absolute atomic E-state index is 12.8. The molecule has 1 aliphatic rings. The van der Waals surface area contributed by atoms with E-state index in [4.69, 9.17) is 4.74 Å². The van der Waals surface area contributed by atoms with Gasteiger partial charge >= 0.3 is 6.09 Å². The Morgan fingerprint density at radius 2 is 1.96 bits per heavy atom. The molecular weight excluding hydrogens is 318 g/mol. The molecule has 1 fully saturated rings. The van der Waals surface area contributed by atoms with Crippen LogP contribution in [0.15, 0.2) is 17.4 Å². The fourth-order valence-corrected chi connectivity index (χ4v) is 4.36. The van der Waals surface area contributed by atoms with E-state index in [0.29, 0.717) is 25.1 Å². The number of piperidine rings is 1. The van der Waals surface area contributed by atoms with Crippen LogP contribution in [0, 0.1) is 6.92 Å². The highest BCUT2D eigenvalue weighted by atomic mass is 32.2. The van der Waals surface area contributed by atoms with Gasteiger partial charge in [0.05, 0.1) is 10.9 Å². The summed E-state index contributed by atoms with van der Waals surface area (Å²) in [5, 5.41) is -0.685. The summed E-state index contributed by atoms with van der Waals surface area (Å²) in [5.74, 6) is 0. The molecule has 128 valence electrons. The Morgan fingerprint density at radius 3 is 2.57 bits per heavy atom. The molecule has 1 aliphatic heterocycles. The van der Waals surface area contributed by atoms with Crippen molar-refractivity contribution in [1.29, 1.82) is 0 Å². The predicted molar refractivity (Wildman–Crippen MR) is 84.8 cm³/mol. The third-order valence-electron chi connectivity index (χ3n) is 3.57. The average Bonchev–Trinajstić information content (AvgIpc) is 2.46. The monoisotopic (exact) mass is 341 g/mol. The molecular formula is C15H23N3O4S. The number of carbonyl (C=O) groups is 1. The fourth-order valence-electron chi connectivity index (χ4n) is 2.52. The van der Waals surface area contributed by atoms with E-state index < -0.39 is 26.8 Å². The van der Waals surface area contributed by atoms with E-state index in [9.17, 15) is 13.2 Å². The number of hydrogen-bond donors (Lipinski definition) is 0. The van der Waals surface area contributed by atoms with E-state index in [1.165, 1.54) is 17.3 Å².